The topological polar surface area (TPSA) is 88.4 Å². The maximum absolute atomic E-state index is 11.9. The van der Waals surface area contributed by atoms with Gasteiger partial charge < -0.3 is 14.8 Å². The third kappa shape index (κ3) is 5.44. The predicted octanol–water partition coefficient (Wildman–Crippen LogP) is 2.34. The summed E-state index contributed by atoms with van der Waals surface area (Å²) in [5, 5.41) is 11.3. The van der Waals surface area contributed by atoms with Crippen molar-refractivity contribution in [3.8, 4) is 6.07 Å². The Bertz CT molecular complexity index is 567. The molecule has 0 aliphatic carbocycles. The lowest BCUT2D eigenvalue weighted by Gasteiger charge is -2.21. The second-order valence-corrected chi connectivity index (χ2v) is 5.69. The summed E-state index contributed by atoms with van der Waals surface area (Å²) < 4.78 is 9.89. The molecule has 1 unspecified atom stereocenters. The Morgan fingerprint density at radius 2 is 1.86 bits per heavy atom. The molecule has 0 aromatic heterocycles. The van der Waals surface area contributed by atoms with E-state index in [0.29, 0.717) is 11.1 Å². The highest BCUT2D eigenvalue weighted by atomic mass is 16.6. The van der Waals surface area contributed by atoms with Crippen molar-refractivity contribution >= 4 is 12.1 Å². The predicted molar refractivity (Wildman–Crippen MR) is 80.2 cm³/mol. The van der Waals surface area contributed by atoms with E-state index in [9.17, 15) is 9.59 Å². The number of nitrogens with zero attached hydrogens (tertiary/aromatic N) is 1. The van der Waals surface area contributed by atoms with Gasteiger partial charge in [0, 0.05) is 6.54 Å². The Labute approximate surface area is 130 Å². The van der Waals surface area contributed by atoms with Crippen LogP contribution in [-0.4, -0.2) is 31.3 Å². The van der Waals surface area contributed by atoms with Gasteiger partial charge in [-0.2, -0.15) is 5.26 Å². The molecule has 1 N–H and O–H groups in total. The Morgan fingerprint density at radius 1 is 1.27 bits per heavy atom. The first-order valence-corrected chi connectivity index (χ1v) is 6.81. The molecule has 0 saturated heterocycles. The minimum atomic E-state index is -0.662. The molecule has 0 bridgehead atoms. The van der Waals surface area contributed by atoms with Crippen molar-refractivity contribution in [2.45, 2.75) is 32.3 Å². The number of alkyl carbamates (subject to hydrolysis) is 1. The van der Waals surface area contributed by atoms with Crippen molar-refractivity contribution in [3.05, 3.63) is 35.4 Å². The summed E-state index contributed by atoms with van der Waals surface area (Å²) >= 11 is 0. The molecule has 6 nitrogen and oxygen atoms in total. The monoisotopic (exact) mass is 304 g/mol. The second-order valence-electron chi connectivity index (χ2n) is 5.69. The fraction of sp³-hybridized carbons (Fsp3) is 0.438. The summed E-state index contributed by atoms with van der Waals surface area (Å²) in [6, 6.07) is 8.55. The molecule has 1 aromatic rings. The van der Waals surface area contributed by atoms with E-state index in [1.165, 1.54) is 7.11 Å². The van der Waals surface area contributed by atoms with Crippen LogP contribution in [0.15, 0.2) is 24.3 Å². The zero-order valence-electron chi connectivity index (χ0n) is 13.2. The molecule has 118 valence electrons. The smallest absolute Gasteiger partial charge is 0.407 e. The highest BCUT2D eigenvalue weighted by Crippen LogP contribution is 2.18. The largest absolute Gasteiger partial charge is 0.468 e. The van der Waals surface area contributed by atoms with Gasteiger partial charge in [0.2, 0.25) is 0 Å². The Morgan fingerprint density at radius 3 is 2.32 bits per heavy atom. The summed E-state index contributed by atoms with van der Waals surface area (Å²) in [5.41, 5.74) is 0.536. The summed E-state index contributed by atoms with van der Waals surface area (Å²) in [5.74, 6) is -1.13. The number of rotatable bonds is 4. The van der Waals surface area contributed by atoms with Crippen molar-refractivity contribution in [2.75, 3.05) is 13.7 Å². The minimum absolute atomic E-state index is 0.0491. The molecule has 6 heteroatoms. The van der Waals surface area contributed by atoms with Crippen LogP contribution in [0.2, 0.25) is 0 Å². The van der Waals surface area contributed by atoms with Gasteiger partial charge in [-0.05, 0) is 38.5 Å². The maximum atomic E-state index is 11.9. The highest BCUT2D eigenvalue weighted by molar-refractivity contribution is 5.79. The Hall–Kier alpha value is -2.55. The lowest BCUT2D eigenvalue weighted by Crippen LogP contribution is -2.36. The summed E-state index contributed by atoms with van der Waals surface area (Å²) in [6.45, 7) is 5.31. The summed E-state index contributed by atoms with van der Waals surface area (Å²) in [6.07, 6.45) is -0.602. The SMILES string of the molecule is COC(=O)C(CNC(=O)OC(C)(C)C)c1ccc(C#N)cc1. The van der Waals surface area contributed by atoms with Gasteiger partial charge in [0.1, 0.15) is 5.60 Å². The highest BCUT2D eigenvalue weighted by Gasteiger charge is 2.24. The van der Waals surface area contributed by atoms with Crippen molar-refractivity contribution in [2.24, 2.45) is 0 Å². The quantitative estimate of drug-likeness (QED) is 0.862. The first-order chi connectivity index (χ1) is 10.3. The standard InChI is InChI=1S/C16H20N2O4/c1-16(2,3)22-15(20)18-10-13(14(19)21-4)12-7-5-11(9-17)6-8-12/h5-8,13H,10H2,1-4H3,(H,18,20). The van der Waals surface area contributed by atoms with E-state index < -0.39 is 23.6 Å². The van der Waals surface area contributed by atoms with Crippen molar-refractivity contribution < 1.29 is 19.1 Å². The molecule has 22 heavy (non-hydrogen) atoms. The number of hydrogen-bond donors (Lipinski definition) is 1. The third-order valence-corrected chi connectivity index (χ3v) is 2.78. The molecule has 0 heterocycles. The van der Waals surface area contributed by atoms with Gasteiger partial charge in [-0.1, -0.05) is 12.1 Å². The van der Waals surface area contributed by atoms with Gasteiger partial charge in [0.25, 0.3) is 0 Å². The fourth-order valence-electron chi connectivity index (χ4n) is 1.77. The van der Waals surface area contributed by atoms with Crippen LogP contribution in [0.25, 0.3) is 0 Å². The minimum Gasteiger partial charge on any atom is -0.468 e. The lowest BCUT2D eigenvalue weighted by molar-refractivity contribution is -0.142. The van der Waals surface area contributed by atoms with Crippen LogP contribution in [0.5, 0.6) is 0 Å². The number of carbonyl (C=O) groups excluding carboxylic acids is 2. The average Bonchev–Trinajstić information content (AvgIpc) is 2.45. The van der Waals surface area contributed by atoms with E-state index in [2.05, 4.69) is 5.32 Å². The first kappa shape index (κ1) is 17.5. The van der Waals surface area contributed by atoms with E-state index in [0.717, 1.165) is 0 Å². The van der Waals surface area contributed by atoms with Gasteiger partial charge in [-0.25, -0.2) is 4.79 Å². The van der Waals surface area contributed by atoms with Crippen LogP contribution < -0.4 is 5.32 Å². The molecule has 0 spiro atoms. The number of nitrogens with one attached hydrogen (secondary N) is 1. The fourth-order valence-corrected chi connectivity index (χ4v) is 1.77. The van der Waals surface area contributed by atoms with E-state index in [-0.39, 0.29) is 6.54 Å². The van der Waals surface area contributed by atoms with Crippen LogP contribution in [0.4, 0.5) is 4.79 Å². The molecule has 1 amide bonds. The zero-order chi connectivity index (χ0) is 16.8. The van der Waals surface area contributed by atoms with Gasteiger partial charge in [0.15, 0.2) is 0 Å². The van der Waals surface area contributed by atoms with Gasteiger partial charge in [0.05, 0.1) is 24.7 Å². The molecule has 1 atom stereocenters. The van der Waals surface area contributed by atoms with Crippen LogP contribution in [-0.2, 0) is 14.3 Å². The van der Waals surface area contributed by atoms with Crippen LogP contribution in [0, 0.1) is 11.3 Å². The van der Waals surface area contributed by atoms with E-state index in [1.54, 1.807) is 45.0 Å². The number of benzene rings is 1. The van der Waals surface area contributed by atoms with Crippen LogP contribution >= 0.6 is 0 Å². The Balaban J connectivity index is 2.79. The molecule has 1 rings (SSSR count). The number of ether oxygens (including phenoxy) is 2. The first-order valence-electron chi connectivity index (χ1n) is 6.81. The van der Waals surface area contributed by atoms with Crippen LogP contribution in [0.1, 0.15) is 37.8 Å². The maximum Gasteiger partial charge on any atom is 0.407 e. The number of hydrogen-bond acceptors (Lipinski definition) is 5. The van der Waals surface area contributed by atoms with Gasteiger partial charge in [-0.15, -0.1) is 0 Å². The lowest BCUT2D eigenvalue weighted by atomic mass is 9.98. The number of amides is 1. The van der Waals surface area contributed by atoms with Crippen LogP contribution in [0.3, 0.4) is 0 Å². The molecule has 0 radical (unpaired) electrons. The van der Waals surface area contributed by atoms with E-state index in [4.69, 9.17) is 14.7 Å². The van der Waals surface area contributed by atoms with E-state index in [1.807, 2.05) is 6.07 Å². The Kier molecular flexibility index (Phi) is 5.93. The number of methoxy groups -OCH3 is 1. The number of carbonyl (C=O) groups is 2. The van der Waals surface area contributed by atoms with E-state index >= 15 is 0 Å². The second kappa shape index (κ2) is 7.46. The molecule has 0 saturated carbocycles. The summed E-state index contributed by atoms with van der Waals surface area (Å²) in [7, 11) is 1.28. The normalized spacial score (nSPS) is 12.0. The van der Waals surface area contributed by atoms with Gasteiger partial charge >= 0.3 is 12.1 Å². The number of esters is 1. The number of nitriles is 1. The molecule has 1 aromatic carbocycles. The third-order valence-electron chi connectivity index (χ3n) is 2.78. The molecule has 0 aliphatic heterocycles. The molecule has 0 aliphatic rings. The van der Waals surface area contributed by atoms with Crippen molar-refractivity contribution in [1.29, 1.82) is 5.26 Å². The zero-order valence-corrected chi connectivity index (χ0v) is 13.2. The molecule has 0 fully saturated rings. The molecular weight excluding hydrogens is 284 g/mol. The molecular formula is C16H20N2O4. The summed E-state index contributed by atoms with van der Waals surface area (Å²) in [4.78, 5) is 23.6. The van der Waals surface area contributed by atoms with Gasteiger partial charge in [-0.3, -0.25) is 4.79 Å². The average molecular weight is 304 g/mol. The van der Waals surface area contributed by atoms with Crippen molar-refractivity contribution in [3.63, 3.8) is 0 Å². The van der Waals surface area contributed by atoms with Crippen molar-refractivity contribution in [1.82, 2.24) is 5.32 Å².